The van der Waals surface area contributed by atoms with Crippen molar-refractivity contribution in [1.29, 1.82) is 0 Å². The van der Waals surface area contributed by atoms with Crippen molar-refractivity contribution in [3.63, 3.8) is 0 Å². The molecule has 1 rings (SSSR count). The van der Waals surface area contributed by atoms with Crippen molar-refractivity contribution < 1.29 is 4.79 Å². The van der Waals surface area contributed by atoms with E-state index in [2.05, 4.69) is 13.5 Å². The van der Waals surface area contributed by atoms with E-state index in [0.717, 1.165) is 12.8 Å². The molecule has 0 amide bonds. The normalized spacial score (nSPS) is 24.4. The molecule has 0 radical (unpaired) electrons. The highest BCUT2D eigenvalue weighted by Crippen LogP contribution is 2.39. The largest absolute Gasteiger partial charge is 0.303 e. The van der Waals surface area contributed by atoms with Gasteiger partial charge >= 0.3 is 0 Å². The fourth-order valence-corrected chi connectivity index (χ4v) is 2.30. The van der Waals surface area contributed by atoms with Gasteiger partial charge in [0.25, 0.3) is 0 Å². The Bertz CT molecular complexity index is 176. The summed E-state index contributed by atoms with van der Waals surface area (Å²) in [6.45, 7) is 5.92. The van der Waals surface area contributed by atoms with Crippen LogP contribution in [0.1, 0.15) is 45.4 Å². The predicted molar refractivity (Wildman–Crippen MR) is 55.6 cm³/mol. The lowest BCUT2D eigenvalue weighted by Gasteiger charge is -2.31. The SMILES string of the molecule is C=CC(C)C1(C=O)CCCCCC1. The molecular weight excluding hydrogens is 160 g/mol. The van der Waals surface area contributed by atoms with Crippen LogP contribution >= 0.6 is 0 Å². The topological polar surface area (TPSA) is 17.1 Å². The minimum absolute atomic E-state index is 0.0851. The van der Waals surface area contributed by atoms with Gasteiger partial charge in [0.1, 0.15) is 6.29 Å². The van der Waals surface area contributed by atoms with Gasteiger partial charge in [0, 0.05) is 5.41 Å². The molecule has 13 heavy (non-hydrogen) atoms. The smallest absolute Gasteiger partial charge is 0.126 e. The third-order valence-corrected chi connectivity index (χ3v) is 3.53. The molecule has 1 unspecified atom stereocenters. The molecule has 0 saturated heterocycles. The highest BCUT2D eigenvalue weighted by Gasteiger charge is 2.34. The lowest BCUT2D eigenvalue weighted by molar-refractivity contribution is -0.118. The van der Waals surface area contributed by atoms with Gasteiger partial charge in [-0.15, -0.1) is 6.58 Å². The van der Waals surface area contributed by atoms with Crippen molar-refractivity contribution in [3.05, 3.63) is 12.7 Å². The van der Waals surface area contributed by atoms with E-state index in [0.29, 0.717) is 5.92 Å². The van der Waals surface area contributed by atoms with Crippen molar-refractivity contribution in [2.24, 2.45) is 11.3 Å². The Kier molecular flexibility index (Phi) is 3.71. The molecule has 0 heterocycles. The molecule has 1 aliphatic carbocycles. The zero-order valence-electron chi connectivity index (χ0n) is 8.59. The summed E-state index contributed by atoms with van der Waals surface area (Å²) in [5.74, 6) is 0.336. The van der Waals surface area contributed by atoms with Gasteiger partial charge in [-0.25, -0.2) is 0 Å². The summed E-state index contributed by atoms with van der Waals surface area (Å²) < 4.78 is 0. The molecule has 1 fully saturated rings. The van der Waals surface area contributed by atoms with Gasteiger partial charge in [-0.2, -0.15) is 0 Å². The van der Waals surface area contributed by atoms with Gasteiger partial charge < -0.3 is 4.79 Å². The lowest BCUT2D eigenvalue weighted by atomic mass is 9.72. The number of rotatable bonds is 3. The van der Waals surface area contributed by atoms with E-state index >= 15 is 0 Å². The van der Waals surface area contributed by atoms with Crippen LogP contribution in [-0.2, 0) is 4.79 Å². The van der Waals surface area contributed by atoms with Crippen LogP contribution in [0.2, 0.25) is 0 Å². The van der Waals surface area contributed by atoms with Crippen LogP contribution in [0.4, 0.5) is 0 Å². The first-order valence-corrected chi connectivity index (χ1v) is 5.34. The fraction of sp³-hybridized carbons (Fsp3) is 0.750. The molecule has 0 aliphatic heterocycles. The maximum atomic E-state index is 11.2. The third kappa shape index (κ3) is 2.20. The van der Waals surface area contributed by atoms with Crippen LogP contribution in [0.15, 0.2) is 12.7 Å². The first-order valence-electron chi connectivity index (χ1n) is 5.34. The standard InChI is InChI=1S/C12H20O/c1-3-11(2)12(10-13)8-6-4-5-7-9-12/h3,10-11H,1,4-9H2,2H3. The summed E-state index contributed by atoms with van der Waals surface area (Å²) in [5.41, 5.74) is -0.0851. The minimum Gasteiger partial charge on any atom is -0.303 e. The number of hydrogen-bond acceptors (Lipinski definition) is 1. The van der Waals surface area contributed by atoms with Crippen molar-refractivity contribution in [2.75, 3.05) is 0 Å². The summed E-state index contributed by atoms with van der Waals surface area (Å²) in [4.78, 5) is 11.2. The van der Waals surface area contributed by atoms with Crippen LogP contribution in [0.3, 0.4) is 0 Å². The molecule has 0 bridgehead atoms. The first kappa shape index (κ1) is 10.5. The molecule has 1 aliphatic rings. The molecule has 1 atom stereocenters. The number of carbonyl (C=O) groups is 1. The molecule has 74 valence electrons. The monoisotopic (exact) mass is 180 g/mol. The van der Waals surface area contributed by atoms with Gasteiger partial charge in [-0.3, -0.25) is 0 Å². The molecular formula is C12H20O. The number of allylic oxidation sites excluding steroid dienone is 1. The number of carbonyl (C=O) groups excluding carboxylic acids is 1. The van der Waals surface area contributed by atoms with Crippen molar-refractivity contribution >= 4 is 6.29 Å². The summed E-state index contributed by atoms with van der Waals surface area (Å²) in [6.07, 6.45) is 10.2. The highest BCUT2D eigenvalue weighted by molar-refractivity contribution is 5.60. The molecule has 0 N–H and O–H groups in total. The molecule has 0 aromatic heterocycles. The van der Waals surface area contributed by atoms with E-state index < -0.39 is 0 Å². The lowest BCUT2D eigenvalue weighted by Crippen LogP contribution is -2.28. The Labute approximate surface area is 81.2 Å². The second kappa shape index (κ2) is 4.59. The second-order valence-corrected chi connectivity index (χ2v) is 4.29. The molecule has 0 spiro atoms. The molecule has 1 nitrogen and oxygen atoms in total. The molecule has 1 saturated carbocycles. The quantitative estimate of drug-likeness (QED) is 0.370. The minimum atomic E-state index is -0.0851. The van der Waals surface area contributed by atoms with Crippen molar-refractivity contribution in [1.82, 2.24) is 0 Å². The van der Waals surface area contributed by atoms with Gasteiger partial charge in [0.2, 0.25) is 0 Å². The van der Waals surface area contributed by atoms with Crippen LogP contribution < -0.4 is 0 Å². The Morgan fingerprint density at radius 1 is 1.23 bits per heavy atom. The van der Waals surface area contributed by atoms with E-state index in [1.165, 1.54) is 32.0 Å². The zero-order valence-corrected chi connectivity index (χ0v) is 8.59. The predicted octanol–water partition coefficient (Wildman–Crippen LogP) is 3.35. The Morgan fingerprint density at radius 3 is 2.15 bits per heavy atom. The third-order valence-electron chi connectivity index (χ3n) is 3.53. The number of aldehydes is 1. The van der Waals surface area contributed by atoms with E-state index in [-0.39, 0.29) is 5.41 Å². The molecule has 1 heteroatoms. The Balaban J connectivity index is 2.75. The summed E-state index contributed by atoms with van der Waals surface area (Å²) in [7, 11) is 0. The summed E-state index contributed by atoms with van der Waals surface area (Å²) in [6, 6.07) is 0. The maximum absolute atomic E-state index is 11.2. The van der Waals surface area contributed by atoms with E-state index in [9.17, 15) is 4.79 Å². The van der Waals surface area contributed by atoms with E-state index in [1.54, 1.807) is 0 Å². The second-order valence-electron chi connectivity index (χ2n) is 4.29. The average Bonchev–Trinajstić information content (AvgIpc) is 2.42. The van der Waals surface area contributed by atoms with E-state index in [1.807, 2.05) is 6.08 Å². The van der Waals surface area contributed by atoms with Gasteiger partial charge in [0.15, 0.2) is 0 Å². The van der Waals surface area contributed by atoms with Gasteiger partial charge in [-0.1, -0.05) is 38.7 Å². The summed E-state index contributed by atoms with van der Waals surface area (Å²) >= 11 is 0. The van der Waals surface area contributed by atoms with Crippen LogP contribution in [0, 0.1) is 11.3 Å². The van der Waals surface area contributed by atoms with E-state index in [4.69, 9.17) is 0 Å². The average molecular weight is 180 g/mol. The summed E-state index contributed by atoms with van der Waals surface area (Å²) in [5, 5.41) is 0. The molecule has 0 aromatic carbocycles. The maximum Gasteiger partial charge on any atom is 0.126 e. The van der Waals surface area contributed by atoms with Gasteiger partial charge in [0.05, 0.1) is 0 Å². The van der Waals surface area contributed by atoms with Crippen LogP contribution in [-0.4, -0.2) is 6.29 Å². The fourth-order valence-electron chi connectivity index (χ4n) is 2.30. The zero-order chi connectivity index (χ0) is 9.73. The highest BCUT2D eigenvalue weighted by atomic mass is 16.1. The van der Waals surface area contributed by atoms with Crippen molar-refractivity contribution in [2.45, 2.75) is 45.4 Å². The Morgan fingerprint density at radius 2 is 1.77 bits per heavy atom. The van der Waals surface area contributed by atoms with Crippen molar-refractivity contribution in [3.8, 4) is 0 Å². The van der Waals surface area contributed by atoms with Crippen LogP contribution in [0.5, 0.6) is 0 Å². The Hall–Kier alpha value is -0.590. The first-order chi connectivity index (χ1) is 6.25. The number of hydrogen-bond donors (Lipinski definition) is 0. The van der Waals surface area contributed by atoms with Crippen LogP contribution in [0.25, 0.3) is 0 Å². The van der Waals surface area contributed by atoms with Gasteiger partial charge in [-0.05, 0) is 18.8 Å². The molecule has 0 aromatic rings.